The Morgan fingerprint density at radius 2 is 1.76 bits per heavy atom. The normalized spacial score (nSPS) is 13.0. The van der Waals surface area contributed by atoms with E-state index in [4.69, 9.17) is 0 Å². The quantitative estimate of drug-likeness (QED) is 0.856. The summed E-state index contributed by atoms with van der Waals surface area (Å²) >= 11 is 3.36. The summed E-state index contributed by atoms with van der Waals surface area (Å²) < 4.78 is 41.3. The second-order valence-corrected chi connectivity index (χ2v) is 5.39. The third-order valence-electron chi connectivity index (χ3n) is 2.92. The van der Waals surface area contributed by atoms with Crippen LogP contribution in [0.4, 0.5) is 13.2 Å². The standard InChI is InChI=1S/C15H12BrF3O2/c1-9-5-6-11(8-13(9)16)14(20)10-3-2-4-12(7-10)21-15(17,18)19/h2-8,14,20H,1H3. The average Bonchev–Trinajstić information content (AvgIpc) is 2.39. The fourth-order valence-corrected chi connectivity index (χ4v) is 2.25. The molecule has 0 radical (unpaired) electrons. The number of ether oxygens (including phenoxy) is 1. The lowest BCUT2D eigenvalue weighted by Gasteiger charge is -2.15. The van der Waals surface area contributed by atoms with Crippen molar-refractivity contribution in [2.75, 3.05) is 0 Å². The van der Waals surface area contributed by atoms with Gasteiger partial charge >= 0.3 is 6.36 Å². The fourth-order valence-electron chi connectivity index (χ4n) is 1.85. The van der Waals surface area contributed by atoms with Crippen molar-refractivity contribution in [2.24, 2.45) is 0 Å². The van der Waals surface area contributed by atoms with Gasteiger partial charge in [0.25, 0.3) is 0 Å². The first-order valence-corrected chi connectivity index (χ1v) is 6.85. The highest BCUT2D eigenvalue weighted by molar-refractivity contribution is 9.10. The van der Waals surface area contributed by atoms with Gasteiger partial charge in [0.05, 0.1) is 0 Å². The third kappa shape index (κ3) is 4.22. The molecule has 0 fully saturated rings. The van der Waals surface area contributed by atoms with Gasteiger partial charge in [-0.2, -0.15) is 0 Å². The van der Waals surface area contributed by atoms with E-state index >= 15 is 0 Å². The van der Waals surface area contributed by atoms with Gasteiger partial charge in [-0.05, 0) is 41.8 Å². The zero-order valence-electron chi connectivity index (χ0n) is 11.0. The molecule has 0 aromatic heterocycles. The van der Waals surface area contributed by atoms with Gasteiger partial charge in [0.15, 0.2) is 0 Å². The number of alkyl halides is 3. The third-order valence-corrected chi connectivity index (χ3v) is 3.77. The molecule has 0 aliphatic carbocycles. The van der Waals surface area contributed by atoms with Crippen LogP contribution in [0.1, 0.15) is 22.8 Å². The van der Waals surface area contributed by atoms with Gasteiger partial charge in [-0.3, -0.25) is 0 Å². The van der Waals surface area contributed by atoms with Crippen molar-refractivity contribution in [3.05, 3.63) is 63.6 Å². The molecule has 2 aromatic rings. The topological polar surface area (TPSA) is 29.5 Å². The lowest BCUT2D eigenvalue weighted by atomic mass is 10.0. The van der Waals surface area contributed by atoms with Gasteiger partial charge in [-0.25, -0.2) is 0 Å². The first-order chi connectivity index (χ1) is 9.76. The molecule has 0 bridgehead atoms. The van der Waals surface area contributed by atoms with Crippen molar-refractivity contribution in [1.82, 2.24) is 0 Å². The number of hydrogen-bond donors (Lipinski definition) is 1. The molecule has 0 saturated heterocycles. The van der Waals surface area contributed by atoms with Crippen molar-refractivity contribution in [1.29, 1.82) is 0 Å². The van der Waals surface area contributed by atoms with Crippen LogP contribution in [0.3, 0.4) is 0 Å². The molecule has 1 unspecified atom stereocenters. The van der Waals surface area contributed by atoms with E-state index in [1.165, 1.54) is 18.2 Å². The van der Waals surface area contributed by atoms with Gasteiger partial charge in [0.1, 0.15) is 11.9 Å². The van der Waals surface area contributed by atoms with Gasteiger partial charge in [0, 0.05) is 4.47 Å². The summed E-state index contributed by atoms with van der Waals surface area (Å²) in [5.41, 5.74) is 1.91. The summed E-state index contributed by atoms with van der Waals surface area (Å²) in [6, 6.07) is 10.6. The molecular weight excluding hydrogens is 349 g/mol. The van der Waals surface area contributed by atoms with Gasteiger partial charge < -0.3 is 9.84 Å². The van der Waals surface area contributed by atoms with Crippen molar-refractivity contribution in [3.63, 3.8) is 0 Å². The number of benzene rings is 2. The van der Waals surface area contributed by atoms with Crippen molar-refractivity contribution in [2.45, 2.75) is 19.4 Å². The molecule has 2 rings (SSSR count). The van der Waals surface area contributed by atoms with E-state index in [1.54, 1.807) is 18.2 Å². The van der Waals surface area contributed by atoms with Gasteiger partial charge in [-0.15, -0.1) is 13.2 Å². The molecule has 21 heavy (non-hydrogen) atoms. The van der Waals surface area contributed by atoms with Crippen LogP contribution < -0.4 is 4.74 Å². The van der Waals surface area contributed by atoms with Crippen molar-refractivity contribution in [3.8, 4) is 5.75 Å². The molecule has 0 saturated carbocycles. The van der Waals surface area contributed by atoms with E-state index in [9.17, 15) is 18.3 Å². The predicted molar refractivity (Wildman–Crippen MR) is 76.1 cm³/mol. The monoisotopic (exact) mass is 360 g/mol. The SMILES string of the molecule is Cc1ccc(C(O)c2cccc(OC(F)(F)F)c2)cc1Br. The Morgan fingerprint density at radius 1 is 1.10 bits per heavy atom. The van der Waals surface area contributed by atoms with E-state index < -0.39 is 12.5 Å². The first kappa shape index (κ1) is 15.9. The van der Waals surface area contributed by atoms with Crippen LogP contribution in [0.2, 0.25) is 0 Å². The van der Waals surface area contributed by atoms with Crippen LogP contribution in [-0.4, -0.2) is 11.5 Å². The molecule has 0 aliphatic rings. The molecule has 1 atom stereocenters. The molecule has 6 heteroatoms. The zero-order chi connectivity index (χ0) is 15.6. The molecule has 0 spiro atoms. The molecule has 1 N–H and O–H groups in total. The van der Waals surface area contributed by atoms with Crippen LogP contribution >= 0.6 is 15.9 Å². The smallest absolute Gasteiger partial charge is 0.406 e. The Bertz CT molecular complexity index is 641. The number of aliphatic hydroxyl groups is 1. The summed E-state index contributed by atoms with van der Waals surface area (Å²) in [5.74, 6) is -0.356. The highest BCUT2D eigenvalue weighted by Crippen LogP contribution is 2.30. The lowest BCUT2D eigenvalue weighted by Crippen LogP contribution is -2.17. The van der Waals surface area contributed by atoms with Crippen LogP contribution in [0.25, 0.3) is 0 Å². The Kier molecular flexibility index (Phi) is 4.58. The minimum Gasteiger partial charge on any atom is -0.406 e. The second kappa shape index (κ2) is 6.07. The number of aryl methyl sites for hydroxylation is 1. The van der Waals surface area contributed by atoms with E-state index in [-0.39, 0.29) is 5.75 Å². The molecule has 0 amide bonds. The maximum absolute atomic E-state index is 12.2. The highest BCUT2D eigenvalue weighted by atomic mass is 79.9. The Balaban J connectivity index is 2.28. The van der Waals surface area contributed by atoms with Gasteiger partial charge in [-0.1, -0.05) is 40.2 Å². The molecule has 112 valence electrons. The summed E-state index contributed by atoms with van der Waals surface area (Å²) in [4.78, 5) is 0. The van der Waals surface area contributed by atoms with E-state index in [0.29, 0.717) is 11.1 Å². The fraction of sp³-hybridized carbons (Fsp3) is 0.200. The molecule has 2 nitrogen and oxygen atoms in total. The molecule has 0 heterocycles. The minimum absolute atomic E-state index is 0.326. The van der Waals surface area contributed by atoms with Crippen LogP contribution in [0, 0.1) is 6.92 Å². The maximum Gasteiger partial charge on any atom is 0.573 e. The van der Waals surface area contributed by atoms with Crippen molar-refractivity contribution < 1.29 is 23.0 Å². The first-order valence-electron chi connectivity index (χ1n) is 6.06. The largest absolute Gasteiger partial charge is 0.573 e. The Morgan fingerprint density at radius 3 is 2.38 bits per heavy atom. The maximum atomic E-state index is 12.2. The predicted octanol–water partition coefficient (Wildman–Crippen LogP) is 4.74. The van der Waals surface area contributed by atoms with Gasteiger partial charge in [0.2, 0.25) is 0 Å². The zero-order valence-corrected chi connectivity index (χ0v) is 12.6. The number of rotatable bonds is 3. The number of aliphatic hydroxyl groups excluding tert-OH is 1. The van der Waals surface area contributed by atoms with E-state index in [0.717, 1.165) is 10.0 Å². The molecular formula is C15H12BrF3O2. The minimum atomic E-state index is -4.75. The summed E-state index contributed by atoms with van der Waals surface area (Å²) in [7, 11) is 0. The van der Waals surface area contributed by atoms with Crippen LogP contribution in [0.5, 0.6) is 5.75 Å². The number of halogens is 4. The van der Waals surface area contributed by atoms with E-state index in [1.807, 2.05) is 13.0 Å². The lowest BCUT2D eigenvalue weighted by molar-refractivity contribution is -0.274. The molecule has 0 aliphatic heterocycles. The second-order valence-electron chi connectivity index (χ2n) is 4.53. The summed E-state index contributed by atoms with van der Waals surface area (Å²) in [6.45, 7) is 1.90. The van der Waals surface area contributed by atoms with E-state index in [2.05, 4.69) is 20.7 Å². The summed E-state index contributed by atoms with van der Waals surface area (Å²) in [6.07, 6.45) is -5.78. The summed E-state index contributed by atoms with van der Waals surface area (Å²) in [5, 5.41) is 10.3. The average molecular weight is 361 g/mol. The van der Waals surface area contributed by atoms with Crippen molar-refractivity contribution >= 4 is 15.9 Å². The van der Waals surface area contributed by atoms with Crippen LogP contribution in [0.15, 0.2) is 46.9 Å². The van der Waals surface area contributed by atoms with Crippen LogP contribution in [-0.2, 0) is 0 Å². The Labute approximate surface area is 128 Å². The highest BCUT2D eigenvalue weighted by Gasteiger charge is 2.31. The Hall–Kier alpha value is -1.53. The molecule has 2 aromatic carbocycles. The number of hydrogen-bond acceptors (Lipinski definition) is 2.